The number of hydrogen-bond donors (Lipinski definition) is 0. The Morgan fingerprint density at radius 2 is 2.00 bits per heavy atom. The number of hydrogen-bond acceptors (Lipinski definition) is 4. The molecular weight excluding hydrogens is 308 g/mol. The van der Waals surface area contributed by atoms with E-state index in [9.17, 15) is 9.59 Å². The van der Waals surface area contributed by atoms with Crippen molar-refractivity contribution in [2.24, 2.45) is 5.92 Å². The van der Waals surface area contributed by atoms with Crippen LogP contribution in [0.5, 0.6) is 0 Å². The third-order valence-corrected chi connectivity index (χ3v) is 6.55. The van der Waals surface area contributed by atoms with Crippen molar-refractivity contribution in [3.8, 4) is 0 Å². The second kappa shape index (κ2) is 6.02. The molecule has 0 radical (unpaired) electrons. The van der Waals surface area contributed by atoms with Crippen LogP contribution in [0.4, 0.5) is 0 Å². The lowest BCUT2D eigenvalue weighted by Crippen LogP contribution is -2.55. The molecule has 1 amide bonds. The van der Waals surface area contributed by atoms with Crippen LogP contribution in [0, 0.1) is 5.92 Å². The lowest BCUT2D eigenvalue weighted by atomic mass is 9.83. The first-order valence-corrected chi connectivity index (χ1v) is 9.66. The van der Waals surface area contributed by atoms with Crippen LogP contribution in [-0.4, -0.2) is 53.2 Å². The summed E-state index contributed by atoms with van der Waals surface area (Å²) in [5.74, 6) is 0.783. The summed E-state index contributed by atoms with van der Waals surface area (Å²) in [6.07, 6.45) is 6.37. The van der Waals surface area contributed by atoms with Gasteiger partial charge in [-0.15, -0.1) is 11.3 Å². The van der Waals surface area contributed by atoms with Gasteiger partial charge in [0, 0.05) is 36.1 Å². The van der Waals surface area contributed by atoms with Crippen LogP contribution in [0.2, 0.25) is 0 Å². The predicted molar refractivity (Wildman–Crippen MR) is 91.1 cm³/mol. The molecule has 124 valence electrons. The highest BCUT2D eigenvalue weighted by Gasteiger charge is 2.42. The lowest BCUT2D eigenvalue weighted by molar-refractivity contribution is 0.0176. The fourth-order valence-electron chi connectivity index (χ4n) is 4.27. The van der Waals surface area contributed by atoms with Gasteiger partial charge in [-0.05, 0) is 57.6 Å². The topological polar surface area (TPSA) is 40.6 Å². The van der Waals surface area contributed by atoms with Crippen LogP contribution in [-0.2, 0) is 0 Å². The maximum Gasteiger partial charge on any atom is 0.263 e. The molecule has 1 saturated carbocycles. The Kier molecular flexibility index (Phi) is 4.01. The van der Waals surface area contributed by atoms with E-state index in [1.807, 2.05) is 4.90 Å². The Morgan fingerprint density at radius 3 is 2.70 bits per heavy atom. The molecule has 5 heteroatoms. The Labute approximate surface area is 141 Å². The number of carbonyl (C=O) groups is 2. The summed E-state index contributed by atoms with van der Waals surface area (Å²) in [6.45, 7) is 4.56. The van der Waals surface area contributed by atoms with Crippen LogP contribution in [0.25, 0.3) is 0 Å². The van der Waals surface area contributed by atoms with Gasteiger partial charge in [-0.3, -0.25) is 14.5 Å². The first-order valence-electron chi connectivity index (χ1n) is 8.78. The molecule has 2 unspecified atom stereocenters. The quantitative estimate of drug-likeness (QED) is 0.799. The van der Waals surface area contributed by atoms with Crippen molar-refractivity contribution in [3.05, 3.63) is 21.9 Å². The summed E-state index contributed by atoms with van der Waals surface area (Å²) < 4.78 is 0. The molecule has 4 rings (SSSR count). The molecule has 3 aliphatic rings. The van der Waals surface area contributed by atoms with Crippen molar-refractivity contribution in [2.45, 2.75) is 51.1 Å². The van der Waals surface area contributed by atoms with Crippen molar-refractivity contribution in [1.82, 2.24) is 9.80 Å². The normalized spacial score (nSPS) is 28.5. The summed E-state index contributed by atoms with van der Waals surface area (Å²) in [5, 5.41) is 1.80. The van der Waals surface area contributed by atoms with E-state index in [2.05, 4.69) is 4.90 Å². The zero-order valence-electron chi connectivity index (χ0n) is 13.7. The maximum atomic E-state index is 12.7. The highest BCUT2D eigenvalue weighted by Crippen LogP contribution is 2.38. The van der Waals surface area contributed by atoms with Crippen molar-refractivity contribution in [3.63, 3.8) is 0 Å². The van der Waals surface area contributed by atoms with E-state index < -0.39 is 0 Å². The van der Waals surface area contributed by atoms with E-state index in [0.29, 0.717) is 22.4 Å². The standard InChI is InChI=1S/C18H24N2O2S/c1-12(21)14-9-17(23-11-14)18(22)19-8-6-16-13(10-19)3-2-7-20(16)15-4-5-15/h9,11,13,15-16H,2-8,10H2,1H3. The van der Waals surface area contributed by atoms with Gasteiger partial charge in [0.05, 0.1) is 4.88 Å². The molecule has 2 atom stereocenters. The summed E-state index contributed by atoms with van der Waals surface area (Å²) in [6, 6.07) is 3.29. The largest absolute Gasteiger partial charge is 0.338 e. The van der Waals surface area contributed by atoms with Gasteiger partial charge in [-0.2, -0.15) is 0 Å². The Hall–Kier alpha value is -1.20. The van der Waals surface area contributed by atoms with Gasteiger partial charge >= 0.3 is 0 Å². The molecule has 2 saturated heterocycles. The van der Waals surface area contributed by atoms with Gasteiger partial charge in [0.15, 0.2) is 5.78 Å². The minimum absolute atomic E-state index is 0.0337. The second-order valence-corrected chi connectivity index (χ2v) is 8.15. The lowest BCUT2D eigenvalue weighted by Gasteiger charge is -2.47. The zero-order chi connectivity index (χ0) is 16.0. The number of Topliss-reactive ketones (excluding diaryl/α,β-unsaturated/α-hetero) is 1. The van der Waals surface area contributed by atoms with Crippen molar-refractivity contribution >= 4 is 23.0 Å². The van der Waals surface area contributed by atoms with Crippen LogP contribution in [0.1, 0.15) is 59.1 Å². The number of nitrogens with zero attached hydrogens (tertiary/aromatic N) is 2. The Bertz CT molecular complexity index is 622. The summed E-state index contributed by atoms with van der Waals surface area (Å²) >= 11 is 1.40. The predicted octanol–water partition coefficient (Wildman–Crippen LogP) is 3.04. The molecule has 1 aromatic heterocycles. The van der Waals surface area contributed by atoms with Crippen molar-refractivity contribution < 1.29 is 9.59 Å². The molecule has 1 aromatic rings. The summed E-state index contributed by atoms with van der Waals surface area (Å²) in [4.78, 5) is 29.6. The fraction of sp³-hybridized carbons (Fsp3) is 0.667. The average molecular weight is 332 g/mol. The Balaban J connectivity index is 1.44. The van der Waals surface area contributed by atoms with Gasteiger partial charge in [0.2, 0.25) is 0 Å². The number of thiophene rings is 1. The zero-order valence-corrected chi connectivity index (χ0v) is 14.5. The number of ketones is 1. The van der Waals surface area contributed by atoms with Crippen LogP contribution >= 0.6 is 11.3 Å². The number of carbonyl (C=O) groups excluding carboxylic acids is 2. The fourth-order valence-corrected chi connectivity index (χ4v) is 5.19. The third kappa shape index (κ3) is 2.96. The van der Waals surface area contributed by atoms with Crippen molar-refractivity contribution in [2.75, 3.05) is 19.6 Å². The maximum absolute atomic E-state index is 12.7. The first-order chi connectivity index (χ1) is 11.1. The first kappa shape index (κ1) is 15.3. The molecule has 0 N–H and O–H groups in total. The number of piperidine rings is 2. The molecule has 1 aliphatic carbocycles. The smallest absolute Gasteiger partial charge is 0.263 e. The molecule has 3 heterocycles. The summed E-state index contributed by atoms with van der Waals surface area (Å²) in [5.41, 5.74) is 0.658. The van der Waals surface area contributed by atoms with Gasteiger partial charge in [-0.25, -0.2) is 0 Å². The van der Waals surface area contributed by atoms with Gasteiger partial charge in [0.25, 0.3) is 5.91 Å². The number of fused-ring (bicyclic) bond motifs is 1. The highest BCUT2D eigenvalue weighted by molar-refractivity contribution is 7.12. The molecule has 0 bridgehead atoms. The van der Waals surface area contributed by atoms with Gasteiger partial charge in [0.1, 0.15) is 0 Å². The van der Waals surface area contributed by atoms with Gasteiger partial charge < -0.3 is 4.90 Å². The number of amides is 1. The second-order valence-electron chi connectivity index (χ2n) is 7.23. The van der Waals surface area contributed by atoms with E-state index in [0.717, 1.165) is 25.6 Å². The minimum atomic E-state index is 0.0337. The van der Waals surface area contributed by atoms with Crippen LogP contribution in [0.3, 0.4) is 0 Å². The molecule has 3 fully saturated rings. The Morgan fingerprint density at radius 1 is 1.17 bits per heavy atom. The van der Waals surface area contributed by atoms with E-state index in [1.54, 1.807) is 18.4 Å². The van der Waals surface area contributed by atoms with E-state index in [4.69, 9.17) is 0 Å². The molecular formula is C18H24N2O2S. The van der Waals surface area contributed by atoms with E-state index in [1.165, 1.54) is 43.6 Å². The molecule has 2 aliphatic heterocycles. The van der Waals surface area contributed by atoms with Crippen LogP contribution < -0.4 is 0 Å². The molecule has 0 spiro atoms. The van der Waals surface area contributed by atoms with Crippen molar-refractivity contribution in [1.29, 1.82) is 0 Å². The molecule has 23 heavy (non-hydrogen) atoms. The highest BCUT2D eigenvalue weighted by atomic mass is 32.1. The average Bonchev–Trinajstić information content (AvgIpc) is 3.28. The van der Waals surface area contributed by atoms with E-state index in [-0.39, 0.29) is 11.7 Å². The number of rotatable bonds is 3. The molecule has 0 aromatic carbocycles. The summed E-state index contributed by atoms with van der Waals surface area (Å²) in [7, 11) is 0. The van der Waals surface area contributed by atoms with E-state index >= 15 is 0 Å². The monoisotopic (exact) mass is 332 g/mol. The SMILES string of the molecule is CC(=O)c1csc(C(=O)N2CCC3C(CCCN3C3CC3)C2)c1. The molecule has 4 nitrogen and oxygen atoms in total. The van der Waals surface area contributed by atoms with Gasteiger partial charge in [-0.1, -0.05) is 0 Å². The minimum Gasteiger partial charge on any atom is -0.338 e. The third-order valence-electron chi connectivity index (χ3n) is 5.63. The number of likely N-dealkylation sites (tertiary alicyclic amines) is 2. The van der Waals surface area contributed by atoms with Crippen LogP contribution in [0.15, 0.2) is 11.4 Å².